The van der Waals surface area contributed by atoms with Gasteiger partial charge in [-0.3, -0.25) is 4.79 Å². The molecule has 0 aromatic carbocycles. The Balaban J connectivity index is 3.32. The fourth-order valence-corrected chi connectivity index (χ4v) is 0.874. The van der Waals surface area contributed by atoms with Crippen LogP contribution >= 0.6 is 11.6 Å². The predicted molar refractivity (Wildman–Crippen MR) is 47.0 cm³/mol. The number of aliphatic hydroxyl groups is 1. The van der Waals surface area contributed by atoms with E-state index >= 15 is 0 Å². The van der Waals surface area contributed by atoms with Crippen molar-refractivity contribution in [2.75, 3.05) is 5.88 Å². The molecule has 0 saturated heterocycles. The monoisotopic (exact) mass is 194 g/mol. The topological polar surface area (TPSA) is 46.5 Å². The zero-order chi connectivity index (χ0) is 9.40. The van der Waals surface area contributed by atoms with Gasteiger partial charge in [0.05, 0.1) is 0 Å². The molecule has 0 heterocycles. The zero-order valence-corrected chi connectivity index (χ0v) is 8.01. The SMILES string of the molecule is CCCCCC(O)OC(=O)CCl. The van der Waals surface area contributed by atoms with Crippen molar-refractivity contribution in [3.8, 4) is 0 Å². The lowest BCUT2D eigenvalue weighted by Gasteiger charge is -2.09. The number of alkyl halides is 1. The summed E-state index contributed by atoms with van der Waals surface area (Å²) >= 11 is 5.17. The Morgan fingerprint density at radius 3 is 2.75 bits per heavy atom. The second-order valence-corrected chi connectivity index (χ2v) is 2.84. The average molecular weight is 195 g/mol. The lowest BCUT2D eigenvalue weighted by Crippen LogP contribution is -2.18. The van der Waals surface area contributed by atoms with Gasteiger partial charge in [-0.1, -0.05) is 19.8 Å². The van der Waals surface area contributed by atoms with Crippen LogP contribution in [0.2, 0.25) is 0 Å². The Bertz CT molecular complexity index is 127. The Morgan fingerprint density at radius 1 is 1.58 bits per heavy atom. The van der Waals surface area contributed by atoms with Crippen molar-refractivity contribution in [3.05, 3.63) is 0 Å². The predicted octanol–water partition coefficient (Wildman–Crippen LogP) is 1.67. The smallest absolute Gasteiger partial charge is 0.323 e. The van der Waals surface area contributed by atoms with E-state index < -0.39 is 12.3 Å². The zero-order valence-electron chi connectivity index (χ0n) is 7.25. The molecule has 0 spiro atoms. The first kappa shape index (κ1) is 11.7. The second-order valence-electron chi connectivity index (χ2n) is 2.57. The summed E-state index contributed by atoms with van der Waals surface area (Å²) in [5.74, 6) is -0.772. The third-order valence-electron chi connectivity index (χ3n) is 1.43. The van der Waals surface area contributed by atoms with Crippen LogP contribution in [0.15, 0.2) is 0 Å². The normalized spacial score (nSPS) is 12.6. The highest BCUT2D eigenvalue weighted by molar-refractivity contribution is 6.26. The molecule has 4 heteroatoms. The van der Waals surface area contributed by atoms with E-state index in [4.69, 9.17) is 16.7 Å². The molecule has 0 aromatic heterocycles. The molecule has 0 bridgehead atoms. The third kappa shape index (κ3) is 6.43. The van der Waals surface area contributed by atoms with Crippen LogP contribution in [0.5, 0.6) is 0 Å². The van der Waals surface area contributed by atoms with Crippen LogP contribution in [0.3, 0.4) is 0 Å². The van der Waals surface area contributed by atoms with E-state index in [1.54, 1.807) is 0 Å². The van der Waals surface area contributed by atoms with Crippen molar-refractivity contribution in [1.82, 2.24) is 0 Å². The highest BCUT2D eigenvalue weighted by Crippen LogP contribution is 2.04. The number of halogens is 1. The van der Waals surface area contributed by atoms with Crippen LogP contribution < -0.4 is 0 Å². The lowest BCUT2D eigenvalue weighted by molar-refractivity contribution is -0.165. The summed E-state index contributed by atoms with van der Waals surface area (Å²) < 4.78 is 4.53. The molecule has 0 saturated carbocycles. The molecule has 3 nitrogen and oxygen atoms in total. The minimum absolute atomic E-state index is 0.204. The molecule has 12 heavy (non-hydrogen) atoms. The van der Waals surface area contributed by atoms with Gasteiger partial charge in [-0.05, 0) is 6.42 Å². The van der Waals surface area contributed by atoms with Crippen LogP contribution in [0.1, 0.15) is 32.6 Å². The molecule has 0 fully saturated rings. The molecule has 0 amide bonds. The van der Waals surface area contributed by atoms with Crippen LogP contribution in [0, 0.1) is 0 Å². The van der Waals surface area contributed by atoms with Crippen molar-refractivity contribution in [2.24, 2.45) is 0 Å². The van der Waals surface area contributed by atoms with Gasteiger partial charge in [0.15, 0.2) is 0 Å². The highest BCUT2D eigenvalue weighted by atomic mass is 35.5. The van der Waals surface area contributed by atoms with Crippen molar-refractivity contribution in [3.63, 3.8) is 0 Å². The summed E-state index contributed by atoms with van der Waals surface area (Å²) in [4.78, 5) is 10.5. The van der Waals surface area contributed by atoms with Gasteiger partial charge >= 0.3 is 5.97 Å². The fourth-order valence-electron chi connectivity index (χ4n) is 0.811. The number of hydrogen-bond donors (Lipinski definition) is 1. The summed E-state index contributed by atoms with van der Waals surface area (Å²) in [7, 11) is 0. The summed E-state index contributed by atoms with van der Waals surface area (Å²) in [6.45, 7) is 2.07. The molecule has 1 atom stereocenters. The Kier molecular flexibility index (Phi) is 7.20. The molecule has 0 aromatic rings. The van der Waals surface area contributed by atoms with Crippen LogP contribution in [0.25, 0.3) is 0 Å². The maximum absolute atomic E-state index is 10.5. The van der Waals surface area contributed by atoms with Gasteiger partial charge in [-0.2, -0.15) is 0 Å². The first-order chi connectivity index (χ1) is 5.70. The summed E-state index contributed by atoms with van der Waals surface area (Å²) in [5, 5.41) is 9.08. The Morgan fingerprint density at radius 2 is 2.25 bits per heavy atom. The molecule has 72 valence electrons. The molecule has 0 aliphatic rings. The van der Waals surface area contributed by atoms with E-state index in [2.05, 4.69) is 11.7 Å². The van der Waals surface area contributed by atoms with E-state index in [-0.39, 0.29) is 5.88 Å². The van der Waals surface area contributed by atoms with Crippen molar-refractivity contribution in [1.29, 1.82) is 0 Å². The molecule has 0 aliphatic heterocycles. The van der Waals surface area contributed by atoms with Gasteiger partial charge in [0.25, 0.3) is 0 Å². The molecular formula is C8H15ClO3. The summed E-state index contributed by atoms with van der Waals surface area (Å²) in [6.07, 6.45) is 2.50. The number of unbranched alkanes of at least 4 members (excludes halogenated alkanes) is 2. The molecule has 0 aliphatic carbocycles. The largest absolute Gasteiger partial charge is 0.435 e. The van der Waals surface area contributed by atoms with Gasteiger partial charge < -0.3 is 9.84 Å². The minimum Gasteiger partial charge on any atom is -0.435 e. The van der Waals surface area contributed by atoms with Crippen LogP contribution in [0.4, 0.5) is 0 Å². The molecule has 1 unspecified atom stereocenters. The molecule has 0 radical (unpaired) electrons. The number of esters is 1. The van der Waals surface area contributed by atoms with Crippen LogP contribution in [-0.4, -0.2) is 23.2 Å². The number of rotatable bonds is 6. The number of ether oxygens (including phenoxy) is 1. The van der Waals surface area contributed by atoms with Gasteiger partial charge in [0, 0.05) is 6.42 Å². The second kappa shape index (κ2) is 7.37. The van der Waals surface area contributed by atoms with Gasteiger partial charge in [0.1, 0.15) is 5.88 Å². The fraction of sp³-hybridized carbons (Fsp3) is 0.875. The van der Waals surface area contributed by atoms with E-state index in [0.29, 0.717) is 6.42 Å². The first-order valence-corrected chi connectivity index (χ1v) is 4.67. The van der Waals surface area contributed by atoms with E-state index in [1.165, 1.54) is 0 Å². The highest BCUT2D eigenvalue weighted by Gasteiger charge is 2.08. The maximum Gasteiger partial charge on any atom is 0.323 e. The quantitative estimate of drug-likeness (QED) is 0.303. The summed E-state index contributed by atoms with van der Waals surface area (Å²) in [5.41, 5.74) is 0. The van der Waals surface area contributed by atoms with Gasteiger partial charge in [-0.15, -0.1) is 11.6 Å². The lowest BCUT2D eigenvalue weighted by atomic mass is 10.2. The third-order valence-corrected chi connectivity index (χ3v) is 1.65. The molecule has 1 N–H and O–H groups in total. The van der Waals surface area contributed by atoms with Gasteiger partial charge in [0.2, 0.25) is 6.29 Å². The van der Waals surface area contributed by atoms with Gasteiger partial charge in [-0.25, -0.2) is 0 Å². The first-order valence-electron chi connectivity index (χ1n) is 4.14. The minimum atomic E-state index is -0.984. The number of carbonyl (C=O) groups is 1. The van der Waals surface area contributed by atoms with Crippen LogP contribution in [-0.2, 0) is 9.53 Å². The molecule has 0 rings (SSSR count). The summed E-state index contributed by atoms with van der Waals surface area (Å²) in [6, 6.07) is 0. The Hall–Kier alpha value is -0.280. The van der Waals surface area contributed by atoms with E-state index in [9.17, 15) is 4.79 Å². The van der Waals surface area contributed by atoms with E-state index in [1.807, 2.05) is 0 Å². The van der Waals surface area contributed by atoms with Crippen molar-refractivity contribution >= 4 is 17.6 Å². The van der Waals surface area contributed by atoms with Crippen molar-refractivity contribution in [2.45, 2.75) is 38.9 Å². The number of carbonyl (C=O) groups excluding carboxylic acids is 1. The van der Waals surface area contributed by atoms with E-state index in [0.717, 1.165) is 19.3 Å². The number of aliphatic hydroxyl groups excluding tert-OH is 1. The maximum atomic E-state index is 10.5. The molecular weight excluding hydrogens is 180 g/mol. The Labute approximate surface area is 77.7 Å². The van der Waals surface area contributed by atoms with Crippen molar-refractivity contribution < 1.29 is 14.6 Å². The standard InChI is InChI=1S/C8H15ClO3/c1-2-3-4-5-7(10)12-8(11)6-9/h7,10H,2-6H2,1H3. The average Bonchev–Trinajstić information content (AvgIpc) is 2.05. The number of hydrogen-bond acceptors (Lipinski definition) is 3.